The molecule has 18 heavy (non-hydrogen) atoms. The van der Waals surface area contributed by atoms with Gasteiger partial charge in [0, 0.05) is 11.8 Å². The van der Waals surface area contributed by atoms with Crippen molar-refractivity contribution in [2.24, 2.45) is 5.73 Å². The first-order chi connectivity index (χ1) is 8.58. The van der Waals surface area contributed by atoms with Gasteiger partial charge in [-0.2, -0.15) is 0 Å². The topological polar surface area (TPSA) is 112 Å². The Bertz CT molecular complexity index is 615. The smallest absolute Gasteiger partial charge is 0.323 e. The predicted octanol–water partition coefficient (Wildman–Crippen LogP) is 0.324. The summed E-state index contributed by atoms with van der Waals surface area (Å²) in [6, 6.07) is 6.26. The van der Waals surface area contributed by atoms with E-state index in [0.29, 0.717) is 5.69 Å². The highest BCUT2D eigenvalue weighted by Crippen LogP contribution is 2.21. The van der Waals surface area contributed by atoms with Gasteiger partial charge in [-0.25, -0.2) is 4.79 Å². The number of nitrogens with two attached hydrogens (primary N) is 1. The predicted molar refractivity (Wildman–Crippen MR) is 66.2 cm³/mol. The van der Waals surface area contributed by atoms with Crippen molar-refractivity contribution in [1.82, 2.24) is 9.97 Å². The number of hydrogen-bond acceptors (Lipinski definition) is 3. The van der Waals surface area contributed by atoms with E-state index < -0.39 is 12.0 Å². The Morgan fingerprint density at radius 1 is 1.39 bits per heavy atom. The second-order valence-corrected chi connectivity index (χ2v) is 3.96. The number of H-pyrrole nitrogens is 2. The molecule has 1 aromatic heterocycles. The van der Waals surface area contributed by atoms with E-state index >= 15 is 0 Å². The van der Waals surface area contributed by atoms with Gasteiger partial charge in [-0.15, -0.1) is 0 Å². The molecular formula is C12H13N3O3. The molecule has 0 aliphatic heterocycles. The Hall–Kier alpha value is -2.34. The molecular weight excluding hydrogens is 234 g/mol. The summed E-state index contributed by atoms with van der Waals surface area (Å²) < 4.78 is 0. The zero-order chi connectivity index (χ0) is 13.1. The number of carboxylic acids is 1. The average Bonchev–Trinajstić information content (AvgIpc) is 2.76. The average molecular weight is 247 g/mol. The highest BCUT2D eigenvalue weighted by atomic mass is 16.4. The monoisotopic (exact) mass is 247 g/mol. The van der Waals surface area contributed by atoms with Crippen molar-refractivity contribution in [3.8, 4) is 11.3 Å². The summed E-state index contributed by atoms with van der Waals surface area (Å²) in [7, 11) is 0. The first kappa shape index (κ1) is 12.1. The van der Waals surface area contributed by atoms with Crippen LogP contribution in [-0.4, -0.2) is 27.1 Å². The van der Waals surface area contributed by atoms with Crippen LogP contribution in [0.25, 0.3) is 11.3 Å². The van der Waals surface area contributed by atoms with Gasteiger partial charge in [0.05, 0.1) is 5.69 Å². The SMILES string of the molecule is NC(Cc1ccccc1-c1c[nH]c(=O)[nH]1)C(=O)O. The zero-order valence-corrected chi connectivity index (χ0v) is 9.51. The van der Waals surface area contributed by atoms with Gasteiger partial charge in [0.2, 0.25) is 0 Å². The second-order valence-electron chi connectivity index (χ2n) is 3.96. The number of imidazole rings is 1. The van der Waals surface area contributed by atoms with Crippen LogP contribution in [0.2, 0.25) is 0 Å². The van der Waals surface area contributed by atoms with Crippen LogP contribution in [0, 0.1) is 0 Å². The molecule has 5 N–H and O–H groups in total. The maximum atomic E-state index is 11.1. The van der Waals surface area contributed by atoms with E-state index in [4.69, 9.17) is 10.8 Å². The molecule has 0 radical (unpaired) electrons. The van der Waals surface area contributed by atoms with Crippen LogP contribution in [-0.2, 0) is 11.2 Å². The molecule has 2 rings (SSSR count). The normalized spacial score (nSPS) is 12.3. The van der Waals surface area contributed by atoms with Crippen LogP contribution in [0.1, 0.15) is 5.56 Å². The zero-order valence-electron chi connectivity index (χ0n) is 9.51. The van der Waals surface area contributed by atoms with Crippen molar-refractivity contribution in [3.05, 3.63) is 46.5 Å². The fourth-order valence-electron chi connectivity index (χ4n) is 1.76. The van der Waals surface area contributed by atoms with Crippen molar-refractivity contribution in [2.75, 3.05) is 0 Å². The summed E-state index contributed by atoms with van der Waals surface area (Å²) in [6.45, 7) is 0. The molecule has 6 nitrogen and oxygen atoms in total. The van der Waals surface area contributed by atoms with Gasteiger partial charge in [0.15, 0.2) is 0 Å². The first-order valence-electron chi connectivity index (χ1n) is 5.42. The number of aliphatic carboxylic acids is 1. The number of rotatable bonds is 4. The van der Waals surface area contributed by atoms with E-state index in [2.05, 4.69) is 9.97 Å². The molecule has 1 atom stereocenters. The Balaban J connectivity index is 2.37. The lowest BCUT2D eigenvalue weighted by atomic mass is 9.99. The number of aromatic amines is 2. The molecule has 0 saturated carbocycles. The summed E-state index contributed by atoms with van der Waals surface area (Å²) in [4.78, 5) is 27.0. The van der Waals surface area contributed by atoms with E-state index in [1.54, 1.807) is 18.3 Å². The molecule has 6 heteroatoms. The van der Waals surface area contributed by atoms with Crippen LogP contribution in [0.5, 0.6) is 0 Å². The lowest BCUT2D eigenvalue weighted by molar-refractivity contribution is -0.138. The molecule has 1 heterocycles. The molecule has 0 aliphatic rings. The third-order valence-corrected chi connectivity index (χ3v) is 2.66. The molecule has 0 saturated heterocycles. The van der Waals surface area contributed by atoms with Gasteiger partial charge < -0.3 is 20.8 Å². The summed E-state index contributed by atoms with van der Waals surface area (Å²) in [5, 5.41) is 8.82. The number of hydrogen-bond donors (Lipinski definition) is 4. The van der Waals surface area contributed by atoms with Crippen molar-refractivity contribution in [3.63, 3.8) is 0 Å². The van der Waals surface area contributed by atoms with Crippen LogP contribution >= 0.6 is 0 Å². The van der Waals surface area contributed by atoms with Crippen LogP contribution in [0.15, 0.2) is 35.3 Å². The molecule has 0 fully saturated rings. The number of aromatic nitrogens is 2. The minimum Gasteiger partial charge on any atom is -0.480 e. The Morgan fingerprint density at radius 3 is 2.72 bits per heavy atom. The number of benzene rings is 1. The summed E-state index contributed by atoms with van der Waals surface area (Å²) in [5.74, 6) is -1.05. The Kier molecular flexibility index (Phi) is 3.29. The van der Waals surface area contributed by atoms with Crippen molar-refractivity contribution >= 4 is 5.97 Å². The minimum absolute atomic E-state index is 0.207. The quantitative estimate of drug-likeness (QED) is 0.623. The standard InChI is InChI=1S/C12H13N3O3/c13-9(11(16)17)5-7-3-1-2-4-8(7)10-6-14-12(18)15-10/h1-4,6,9H,5,13H2,(H,16,17)(H2,14,15,18). The summed E-state index contributed by atoms with van der Waals surface area (Å²) in [5.41, 5.74) is 7.39. The number of carbonyl (C=O) groups is 1. The third-order valence-electron chi connectivity index (χ3n) is 2.66. The van der Waals surface area contributed by atoms with E-state index in [9.17, 15) is 9.59 Å². The number of carboxylic acid groups (broad SMARTS) is 1. The van der Waals surface area contributed by atoms with Crippen LogP contribution in [0.4, 0.5) is 0 Å². The summed E-state index contributed by atoms with van der Waals surface area (Å²) in [6.07, 6.45) is 1.76. The minimum atomic E-state index is -1.05. The maximum absolute atomic E-state index is 11.1. The van der Waals surface area contributed by atoms with Gasteiger partial charge in [0.1, 0.15) is 6.04 Å². The van der Waals surface area contributed by atoms with E-state index in [1.807, 2.05) is 12.1 Å². The lowest BCUT2D eigenvalue weighted by Gasteiger charge is -2.10. The largest absolute Gasteiger partial charge is 0.480 e. The molecule has 0 spiro atoms. The molecule has 0 bridgehead atoms. The maximum Gasteiger partial charge on any atom is 0.323 e. The van der Waals surface area contributed by atoms with Gasteiger partial charge in [-0.1, -0.05) is 24.3 Å². The van der Waals surface area contributed by atoms with E-state index in [0.717, 1.165) is 11.1 Å². The van der Waals surface area contributed by atoms with Gasteiger partial charge in [-0.05, 0) is 12.0 Å². The molecule has 1 aromatic carbocycles. The fraction of sp³-hybridized carbons (Fsp3) is 0.167. The van der Waals surface area contributed by atoms with Crippen molar-refractivity contribution < 1.29 is 9.90 Å². The van der Waals surface area contributed by atoms with Gasteiger partial charge >= 0.3 is 11.7 Å². The van der Waals surface area contributed by atoms with Gasteiger partial charge in [-0.3, -0.25) is 4.79 Å². The van der Waals surface area contributed by atoms with E-state index in [1.165, 1.54) is 0 Å². The third kappa shape index (κ3) is 2.49. The number of nitrogens with one attached hydrogen (secondary N) is 2. The summed E-state index contributed by atoms with van der Waals surface area (Å²) >= 11 is 0. The Labute approximate surface area is 102 Å². The van der Waals surface area contributed by atoms with Crippen molar-refractivity contribution in [1.29, 1.82) is 0 Å². The van der Waals surface area contributed by atoms with E-state index in [-0.39, 0.29) is 12.1 Å². The second kappa shape index (κ2) is 4.89. The van der Waals surface area contributed by atoms with Crippen LogP contribution < -0.4 is 11.4 Å². The molecule has 0 amide bonds. The molecule has 1 unspecified atom stereocenters. The molecule has 0 aliphatic carbocycles. The highest BCUT2D eigenvalue weighted by Gasteiger charge is 2.15. The van der Waals surface area contributed by atoms with Crippen molar-refractivity contribution in [2.45, 2.75) is 12.5 Å². The Morgan fingerprint density at radius 2 is 2.11 bits per heavy atom. The molecule has 2 aromatic rings. The fourth-order valence-corrected chi connectivity index (χ4v) is 1.76. The molecule has 94 valence electrons. The van der Waals surface area contributed by atoms with Crippen LogP contribution in [0.3, 0.4) is 0 Å². The highest BCUT2D eigenvalue weighted by molar-refractivity contribution is 5.74. The van der Waals surface area contributed by atoms with Gasteiger partial charge in [0.25, 0.3) is 0 Å². The first-order valence-corrected chi connectivity index (χ1v) is 5.42. The lowest BCUT2D eigenvalue weighted by Crippen LogP contribution is -2.32.